The summed E-state index contributed by atoms with van der Waals surface area (Å²) < 4.78 is 21.5. The molecule has 1 amide bonds. The Morgan fingerprint density at radius 3 is 2.43 bits per heavy atom. The Morgan fingerprint density at radius 1 is 1.10 bits per heavy atom. The third kappa shape index (κ3) is 4.12. The molecule has 1 aliphatic rings. The lowest BCUT2D eigenvalue weighted by molar-refractivity contribution is -0.119. The molecular formula is C22H25NO7. The molecule has 1 atom stereocenters. The maximum Gasteiger partial charge on any atom is 0.506 e. The van der Waals surface area contributed by atoms with Crippen LogP contribution in [0, 0.1) is 0 Å². The van der Waals surface area contributed by atoms with Crippen LogP contribution in [0.2, 0.25) is 0 Å². The molecule has 2 aromatic rings. The summed E-state index contributed by atoms with van der Waals surface area (Å²) in [5.74, 6) is 1.46. The summed E-state index contributed by atoms with van der Waals surface area (Å²) in [5, 5.41) is 11.8. The number of aryl methyl sites for hydroxylation is 1. The van der Waals surface area contributed by atoms with Gasteiger partial charge in [-0.15, -0.1) is 0 Å². The first-order chi connectivity index (χ1) is 14.4. The van der Waals surface area contributed by atoms with Gasteiger partial charge in [-0.3, -0.25) is 4.79 Å². The van der Waals surface area contributed by atoms with Crippen LogP contribution >= 0.6 is 0 Å². The summed E-state index contributed by atoms with van der Waals surface area (Å²) in [6.45, 7) is 1.40. The van der Waals surface area contributed by atoms with Crippen molar-refractivity contribution < 1.29 is 33.6 Å². The van der Waals surface area contributed by atoms with E-state index in [2.05, 4.69) is 5.32 Å². The molecule has 0 heterocycles. The van der Waals surface area contributed by atoms with Crippen molar-refractivity contribution in [3.05, 3.63) is 41.0 Å². The van der Waals surface area contributed by atoms with Gasteiger partial charge in [0, 0.05) is 12.5 Å². The third-order valence-corrected chi connectivity index (χ3v) is 5.11. The van der Waals surface area contributed by atoms with Crippen molar-refractivity contribution >= 4 is 12.1 Å². The molecule has 30 heavy (non-hydrogen) atoms. The lowest BCUT2D eigenvalue weighted by Gasteiger charge is -2.21. The van der Waals surface area contributed by atoms with Gasteiger partial charge in [-0.2, -0.15) is 0 Å². The zero-order valence-electron chi connectivity index (χ0n) is 17.4. The van der Waals surface area contributed by atoms with E-state index in [1.165, 1.54) is 6.92 Å². The first-order valence-corrected chi connectivity index (χ1v) is 9.47. The molecule has 3 rings (SSSR count). The number of rotatable bonds is 6. The second-order valence-electron chi connectivity index (χ2n) is 6.95. The van der Waals surface area contributed by atoms with Crippen LogP contribution in [0.15, 0.2) is 24.3 Å². The van der Waals surface area contributed by atoms with Crippen molar-refractivity contribution in [2.24, 2.45) is 0 Å². The largest absolute Gasteiger partial charge is 0.506 e. The average Bonchev–Trinajstić information content (AvgIpc) is 2.87. The number of benzene rings is 2. The van der Waals surface area contributed by atoms with Crippen LogP contribution in [0.4, 0.5) is 4.79 Å². The summed E-state index contributed by atoms with van der Waals surface area (Å²) in [7, 11) is 4.70. The molecule has 2 N–H and O–H groups in total. The molecule has 1 aliphatic carbocycles. The van der Waals surface area contributed by atoms with Gasteiger partial charge in [0.2, 0.25) is 11.7 Å². The van der Waals surface area contributed by atoms with Gasteiger partial charge in [-0.05, 0) is 47.2 Å². The molecule has 0 saturated heterocycles. The number of hydrogen-bond acceptors (Lipinski definition) is 6. The normalized spacial score (nSPS) is 14.6. The minimum absolute atomic E-state index is 0.0780. The second kappa shape index (κ2) is 8.94. The van der Waals surface area contributed by atoms with Crippen molar-refractivity contribution in [2.45, 2.75) is 32.4 Å². The number of carbonyl (C=O) groups is 2. The van der Waals surface area contributed by atoms with Gasteiger partial charge < -0.3 is 29.4 Å². The summed E-state index contributed by atoms with van der Waals surface area (Å²) in [4.78, 5) is 22.6. The molecule has 8 nitrogen and oxygen atoms in total. The molecule has 0 aromatic heterocycles. The zero-order valence-corrected chi connectivity index (χ0v) is 17.4. The molecule has 0 aliphatic heterocycles. The van der Waals surface area contributed by atoms with Crippen LogP contribution in [-0.4, -0.2) is 38.5 Å². The van der Waals surface area contributed by atoms with E-state index >= 15 is 0 Å². The Balaban J connectivity index is 2.23. The van der Waals surface area contributed by atoms with E-state index in [1.54, 1.807) is 27.4 Å². The van der Waals surface area contributed by atoms with Crippen LogP contribution < -0.4 is 19.5 Å². The highest BCUT2D eigenvalue weighted by molar-refractivity contribution is 5.83. The SMILES string of the molecule is COc1cc2c(c(OC)c1OC)-c1ccc(COC(=O)O)cc1[C@@H](NC(C)=O)CC2. The predicted molar refractivity (Wildman–Crippen MR) is 109 cm³/mol. The molecule has 8 heteroatoms. The fourth-order valence-electron chi connectivity index (χ4n) is 3.91. The smallest absolute Gasteiger partial charge is 0.493 e. The lowest BCUT2D eigenvalue weighted by Crippen LogP contribution is -2.26. The number of nitrogens with one attached hydrogen (secondary N) is 1. The number of carbonyl (C=O) groups excluding carboxylic acids is 1. The molecule has 2 aromatic carbocycles. The fraction of sp³-hybridized carbons (Fsp3) is 0.364. The highest BCUT2D eigenvalue weighted by Gasteiger charge is 2.29. The molecule has 0 bridgehead atoms. The van der Waals surface area contributed by atoms with Gasteiger partial charge in [-0.1, -0.05) is 12.1 Å². The predicted octanol–water partition coefficient (Wildman–Crippen LogP) is 3.70. The minimum atomic E-state index is -1.34. The van der Waals surface area contributed by atoms with E-state index in [0.29, 0.717) is 35.7 Å². The van der Waals surface area contributed by atoms with Gasteiger partial charge in [-0.25, -0.2) is 4.79 Å². The number of amides is 1. The van der Waals surface area contributed by atoms with Crippen molar-refractivity contribution in [2.75, 3.05) is 21.3 Å². The third-order valence-electron chi connectivity index (χ3n) is 5.11. The maximum atomic E-state index is 11.9. The maximum absolute atomic E-state index is 11.9. The van der Waals surface area contributed by atoms with Gasteiger partial charge in [0.05, 0.1) is 27.4 Å². The van der Waals surface area contributed by atoms with Gasteiger partial charge in [0.1, 0.15) is 6.61 Å². The Hall–Kier alpha value is -3.42. The quantitative estimate of drug-likeness (QED) is 0.694. The summed E-state index contributed by atoms with van der Waals surface area (Å²) in [6.07, 6.45) is -0.0131. The van der Waals surface area contributed by atoms with Gasteiger partial charge in [0.25, 0.3) is 0 Å². The minimum Gasteiger partial charge on any atom is -0.493 e. The van der Waals surface area contributed by atoms with Crippen molar-refractivity contribution in [3.8, 4) is 28.4 Å². The molecule has 160 valence electrons. The van der Waals surface area contributed by atoms with E-state index in [-0.39, 0.29) is 18.6 Å². The first-order valence-electron chi connectivity index (χ1n) is 9.47. The van der Waals surface area contributed by atoms with E-state index in [1.807, 2.05) is 18.2 Å². The van der Waals surface area contributed by atoms with Crippen LogP contribution in [0.3, 0.4) is 0 Å². The van der Waals surface area contributed by atoms with Crippen LogP contribution in [0.1, 0.15) is 36.1 Å². The van der Waals surface area contributed by atoms with Crippen LogP contribution in [0.25, 0.3) is 11.1 Å². The van der Waals surface area contributed by atoms with Gasteiger partial charge >= 0.3 is 6.16 Å². The molecular weight excluding hydrogens is 390 g/mol. The van der Waals surface area contributed by atoms with E-state index < -0.39 is 6.16 Å². The summed E-state index contributed by atoms with van der Waals surface area (Å²) >= 11 is 0. The lowest BCUT2D eigenvalue weighted by atomic mass is 9.92. The number of methoxy groups -OCH3 is 3. The fourth-order valence-corrected chi connectivity index (χ4v) is 3.91. The number of fused-ring (bicyclic) bond motifs is 3. The molecule has 0 radical (unpaired) electrons. The zero-order chi connectivity index (χ0) is 21.8. The van der Waals surface area contributed by atoms with Gasteiger partial charge in [0.15, 0.2) is 11.5 Å². The summed E-state index contributed by atoms with van der Waals surface area (Å²) in [6, 6.07) is 7.24. The molecule has 0 spiro atoms. The number of hydrogen-bond donors (Lipinski definition) is 2. The highest BCUT2D eigenvalue weighted by Crippen LogP contribution is 2.50. The van der Waals surface area contributed by atoms with Crippen LogP contribution in [0.5, 0.6) is 17.2 Å². The Labute approximate surface area is 174 Å². The Kier molecular flexibility index (Phi) is 6.34. The van der Waals surface area contributed by atoms with Crippen molar-refractivity contribution in [1.29, 1.82) is 0 Å². The first kappa shape index (κ1) is 21.3. The standard InChI is InChI=1S/C22H25NO7/c1-12(24)23-17-8-6-14-10-18(27-2)20(28-3)21(29-4)19(14)15-7-5-13(9-16(15)17)11-30-22(25)26/h5,7,9-10,17H,6,8,11H2,1-4H3,(H,23,24)(H,25,26)/t17-/m0/s1. The molecule has 0 fully saturated rings. The van der Waals surface area contributed by atoms with Crippen molar-refractivity contribution in [3.63, 3.8) is 0 Å². The second-order valence-corrected chi connectivity index (χ2v) is 6.95. The van der Waals surface area contributed by atoms with Crippen LogP contribution in [-0.2, 0) is 22.6 Å². The highest BCUT2D eigenvalue weighted by atomic mass is 16.7. The number of ether oxygens (including phenoxy) is 4. The molecule has 0 saturated carbocycles. The van der Waals surface area contributed by atoms with Crippen molar-refractivity contribution in [1.82, 2.24) is 5.32 Å². The monoisotopic (exact) mass is 415 g/mol. The topological polar surface area (TPSA) is 103 Å². The molecule has 0 unspecified atom stereocenters. The summed E-state index contributed by atoms with van der Waals surface area (Å²) in [5.41, 5.74) is 4.30. The number of carboxylic acid groups (broad SMARTS) is 1. The van der Waals surface area contributed by atoms with E-state index in [9.17, 15) is 9.59 Å². The Morgan fingerprint density at radius 2 is 1.83 bits per heavy atom. The van der Waals surface area contributed by atoms with E-state index in [0.717, 1.165) is 22.3 Å². The average molecular weight is 415 g/mol. The Bertz CT molecular complexity index is 970. The van der Waals surface area contributed by atoms with E-state index in [4.69, 9.17) is 24.1 Å².